The normalized spacial score (nSPS) is 15.1. The highest BCUT2D eigenvalue weighted by atomic mass is 32.2. The number of carbonyl (C=O) groups excluding carboxylic acids is 2. The fourth-order valence-corrected chi connectivity index (χ4v) is 5.32. The Morgan fingerprint density at radius 1 is 0.833 bits per heavy atom. The van der Waals surface area contributed by atoms with Gasteiger partial charge in [0.15, 0.2) is 0 Å². The average molecular weight is 495 g/mol. The fraction of sp³-hybridized carbons (Fsp3) is 0.133. The van der Waals surface area contributed by atoms with Gasteiger partial charge in [0.2, 0.25) is 5.91 Å². The maximum atomic E-state index is 12.8. The van der Waals surface area contributed by atoms with E-state index >= 15 is 0 Å². The predicted octanol–water partition coefficient (Wildman–Crippen LogP) is 6.55. The molecule has 5 rings (SSSR count). The van der Waals surface area contributed by atoms with E-state index in [1.807, 2.05) is 102 Å². The summed E-state index contributed by atoms with van der Waals surface area (Å²) < 4.78 is 5.80. The van der Waals surface area contributed by atoms with Gasteiger partial charge in [0.05, 0.1) is 5.75 Å². The molecule has 180 valence electrons. The van der Waals surface area contributed by atoms with Crippen LogP contribution >= 0.6 is 11.8 Å². The van der Waals surface area contributed by atoms with Crippen molar-refractivity contribution in [3.8, 4) is 11.5 Å². The van der Waals surface area contributed by atoms with Gasteiger partial charge in [-0.25, -0.2) is 0 Å². The van der Waals surface area contributed by atoms with Gasteiger partial charge in [-0.2, -0.15) is 0 Å². The van der Waals surface area contributed by atoms with Gasteiger partial charge in [0.1, 0.15) is 16.9 Å². The first-order valence-corrected chi connectivity index (χ1v) is 12.9. The lowest BCUT2D eigenvalue weighted by Gasteiger charge is -2.24. The summed E-state index contributed by atoms with van der Waals surface area (Å²) in [6, 6.07) is 34.5. The third kappa shape index (κ3) is 5.78. The van der Waals surface area contributed by atoms with E-state index in [9.17, 15) is 9.59 Å². The molecule has 0 aliphatic carbocycles. The summed E-state index contributed by atoms with van der Waals surface area (Å²) in [4.78, 5) is 27.2. The van der Waals surface area contributed by atoms with Gasteiger partial charge < -0.3 is 15.0 Å². The Morgan fingerprint density at radius 3 is 2.17 bits per heavy atom. The van der Waals surface area contributed by atoms with Gasteiger partial charge in [0.25, 0.3) is 5.91 Å². The van der Waals surface area contributed by atoms with Crippen molar-refractivity contribution < 1.29 is 14.3 Å². The minimum Gasteiger partial charge on any atom is -0.457 e. The van der Waals surface area contributed by atoms with Crippen molar-refractivity contribution in [2.75, 3.05) is 17.6 Å². The predicted molar refractivity (Wildman–Crippen MR) is 144 cm³/mol. The summed E-state index contributed by atoms with van der Waals surface area (Å²) in [6.07, 6.45) is 0.819. The summed E-state index contributed by atoms with van der Waals surface area (Å²) in [6.45, 7) is 0.673. The number of para-hydroxylation sites is 1. The number of anilines is 1. The number of benzene rings is 4. The number of amides is 2. The molecule has 4 aromatic rings. The van der Waals surface area contributed by atoms with E-state index in [4.69, 9.17) is 4.74 Å². The molecule has 1 aliphatic heterocycles. The van der Waals surface area contributed by atoms with Crippen LogP contribution in [0.4, 0.5) is 5.69 Å². The van der Waals surface area contributed by atoms with E-state index in [-0.39, 0.29) is 17.2 Å². The van der Waals surface area contributed by atoms with Gasteiger partial charge in [-0.05, 0) is 66.1 Å². The van der Waals surface area contributed by atoms with Crippen LogP contribution in [0.5, 0.6) is 11.5 Å². The van der Waals surface area contributed by atoms with Crippen molar-refractivity contribution in [1.29, 1.82) is 0 Å². The van der Waals surface area contributed by atoms with E-state index < -0.39 is 0 Å². The maximum absolute atomic E-state index is 12.8. The van der Waals surface area contributed by atoms with Crippen LogP contribution in [0.3, 0.4) is 0 Å². The van der Waals surface area contributed by atoms with Crippen LogP contribution in [0.2, 0.25) is 0 Å². The van der Waals surface area contributed by atoms with Crippen molar-refractivity contribution in [3.63, 3.8) is 0 Å². The van der Waals surface area contributed by atoms with Gasteiger partial charge in [-0.15, -0.1) is 11.8 Å². The Kier molecular flexibility index (Phi) is 7.33. The maximum Gasteiger partial charge on any atom is 0.255 e. The lowest BCUT2D eigenvalue weighted by atomic mass is 10.1. The molecular formula is C30H26N2O3S. The quantitative estimate of drug-likeness (QED) is 0.302. The molecule has 1 fully saturated rings. The third-order valence-electron chi connectivity index (χ3n) is 6.00. The molecular weight excluding hydrogens is 468 g/mol. The number of nitrogens with zero attached hydrogens (tertiary/aromatic N) is 1. The van der Waals surface area contributed by atoms with Crippen molar-refractivity contribution in [2.24, 2.45) is 0 Å². The number of thioether (sulfide) groups is 1. The molecule has 1 saturated heterocycles. The Hall–Kier alpha value is -4.03. The molecule has 5 nitrogen and oxygen atoms in total. The molecule has 6 heteroatoms. The summed E-state index contributed by atoms with van der Waals surface area (Å²) in [5.74, 6) is 1.90. The molecule has 4 aromatic carbocycles. The van der Waals surface area contributed by atoms with Crippen molar-refractivity contribution in [3.05, 3.63) is 126 Å². The SMILES string of the molecule is O=C(Nc1ccc(Oc2ccccc2)cc1)c1ccc([C@H]2SCC(=O)N2CCc2ccccc2)cc1. The average Bonchev–Trinajstić information content (AvgIpc) is 3.30. The molecule has 36 heavy (non-hydrogen) atoms. The molecule has 0 aromatic heterocycles. The molecule has 0 radical (unpaired) electrons. The Balaban J connectivity index is 1.19. The molecule has 0 saturated carbocycles. The first kappa shape index (κ1) is 23.7. The Bertz CT molecular complexity index is 1310. The highest BCUT2D eigenvalue weighted by Crippen LogP contribution is 2.38. The molecule has 0 unspecified atom stereocenters. The lowest BCUT2D eigenvalue weighted by molar-refractivity contribution is -0.128. The molecule has 0 spiro atoms. The van der Waals surface area contributed by atoms with Crippen LogP contribution in [-0.2, 0) is 11.2 Å². The second kappa shape index (κ2) is 11.1. The summed E-state index contributed by atoms with van der Waals surface area (Å²) >= 11 is 1.63. The monoisotopic (exact) mass is 494 g/mol. The minimum absolute atomic E-state index is 0.0320. The van der Waals surface area contributed by atoms with Crippen LogP contribution in [0, 0.1) is 0 Å². The van der Waals surface area contributed by atoms with Gasteiger partial charge in [-0.1, -0.05) is 60.7 Å². The smallest absolute Gasteiger partial charge is 0.255 e. The third-order valence-corrected chi connectivity index (χ3v) is 7.26. The summed E-state index contributed by atoms with van der Waals surface area (Å²) in [5.41, 5.74) is 3.49. The molecule has 2 amide bonds. The zero-order valence-corrected chi connectivity index (χ0v) is 20.5. The van der Waals surface area contributed by atoms with Crippen LogP contribution in [0.1, 0.15) is 26.9 Å². The van der Waals surface area contributed by atoms with Crippen molar-refractivity contribution >= 4 is 29.3 Å². The van der Waals surface area contributed by atoms with E-state index in [1.165, 1.54) is 5.56 Å². The largest absolute Gasteiger partial charge is 0.457 e. The summed E-state index contributed by atoms with van der Waals surface area (Å²) in [7, 11) is 0. The number of nitrogens with one attached hydrogen (secondary N) is 1. The first-order chi connectivity index (χ1) is 17.7. The van der Waals surface area contributed by atoms with Gasteiger partial charge >= 0.3 is 0 Å². The Morgan fingerprint density at radius 2 is 1.47 bits per heavy atom. The van der Waals surface area contributed by atoms with Crippen LogP contribution in [0.15, 0.2) is 109 Å². The lowest BCUT2D eigenvalue weighted by Crippen LogP contribution is -2.30. The van der Waals surface area contributed by atoms with Crippen molar-refractivity contribution in [1.82, 2.24) is 4.90 Å². The Labute approximate surface area is 215 Å². The van der Waals surface area contributed by atoms with E-state index in [2.05, 4.69) is 17.4 Å². The highest BCUT2D eigenvalue weighted by Gasteiger charge is 2.32. The molecule has 1 heterocycles. The van der Waals surface area contributed by atoms with E-state index in [0.29, 0.717) is 29.3 Å². The second-order valence-corrected chi connectivity index (χ2v) is 9.57. The van der Waals surface area contributed by atoms with Crippen LogP contribution in [0.25, 0.3) is 0 Å². The number of carbonyl (C=O) groups is 2. The molecule has 1 atom stereocenters. The topological polar surface area (TPSA) is 58.6 Å². The van der Waals surface area contributed by atoms with Crippen LogP contribution in [-0.4, -0.2) is 29.0 Å². The van der Waals surface area contributed by atoms with Crippen LogP contribution < -0.4 is 10.1 Å². The second-order valence-electron chi connectivity index (χ2n) is 8.50. The number of hydrogen-bond donors (Lipinski definition) is 1. The molecule has 1 aliphatic rings. The highest BCUT2D eigenvalue weighted by molar-refractivity contribution is 8.00. The zero-order chi connectivity index (χ0) is 24.7. The minimum atomic E-state index is -0.186. The number of hydrogen-bond acceptors (Lipinski definition) is 4. The number of rotatable bonds is 8. The van der Waals surface area contributed by atoms with E-state index in [1.54, 1.807) is 11.8 Å². The summed E-state index contributed by atoms with van der Waals surface area (Å²) in [5, 5.41) is 2.90. The standard InChI is InChI=1S/C30H26N2O3S/c33-28-21-36-30(32(28)20-19-22-7-3-1-4-8-22)24-13-11-23(12-14-24)29(34)31-25-15-17-27(18-16-25)35-26-9-5-2-6-10-26/h1-18,30H,19-21H2,(H,31,34)/t30-/m1/s1. The zero-order valence-electron chi connectivity index (χ0n) is 19.7. The van der Waals surface area contributed by atoms with Gasteiger partial charge in [0, 0.05) is 17.8 Å². The number of ether oxygens (including phenoxy) is 1. The van der Waals surface area contributed by atoms with Gasteiger partial charge in [-0.3, -0.25) is 9.59 Å². The van der Waals surface area contributed by atoms with E-state index in [0.717, 1.165) is 17.7 Å². The molecule has 1 N–H and O–H groups in total. The fourth-order valence-electron chi connectivity index (χ4n) is 4.10. The first-order valence-electron chi connectivity index (χ1n) is 11.8. The molecule has 0 bridgehead atoms. The van der Waals surface area contributed by atoms with Crippen molar-refractivity contribution in [2.45, 2.75) is 11.8 Å².